The van der Waals surface area contributed by atoms with Gasteiger partial charge in [-0.25, -0.2) is 0 Å². The van der Waals surface area contributed by atoms with Crippen LogP contribution in [0.4, 0.5) is 5.82 Å². The highest BCUT2D eigenvalue weighted by molar-refractivity contribution is 5.95. The molecule has 0 spiro atoms. The highest BCUT2D eigenvalue weighted by Crippen LogP contribution is 2.23. The van der Waals surface area contributed by atoms with Crippen molar-refractivity contribution in [3.05, 3.63) is 40.7 Å². The predicted octanol–water partition coefficient (Wildman–Crippen LogP) is 2.23. The molecule has 1 aromatic carbocycles. The zero-order chi connectivity index (χ0) is 16.6. The summed E-state index contributed by atoms with van der Waals surface area (Å²) in [5, 5.41) is 20.5. The Bertz CT molecular complexity index is 945. The third-order valence-electron chi connectivity index (χ3n) is 3.81. The highest BCUT2D eigenvalue weighted by atomic mass is 16.5. The van der Waals surface area contributed by atoms with Gasteiger partial charge >= 0.3 is 0 Å². The van der Waals surface area contributed by atoms with E-state index in [0.717, 1.165) is 16.5 Å². The number of fused-ring (bicyclic) bond motifs is 1. The molecule has 0 aliphatic carbocycles. The summed E-state index contributed by atoms with van der Waals surface area (Å²) in [6, 6.07) is 5.87. The molecule has 7 nitrogen and oxygen atoms in total. The number of nitrogens with one attached hydrogen (secondary N) is 1. The van der Waals surface area contributed by atoms with Crippen LogP contribution in [0.1, 0.15) is 22.4 Å². The molecule has 0 atom stereocenters. The number of aryl methyl sites for hydroxylation is 3. The van der Waals surface area contributed by atoms with Crippen LogP contribution in [0.3, 0.4) is 0 Å². The van der Waals surface area contributed by atoms with Crippen molar-refractivity contribution < 1.29 is 9.32 Å². The molecule has 23 heavy (non-hydrogen) atoms. The first-order valence-corrected chi connectivity index (χ1v) is 7.07. The van der Waals surface area contributed by atoms with E-state index in [1.165, 1.54) is 10.9 Å². The molecule has 1 N–H and O–H groups in total. The first-order valence-electron chi connectivity index (χ1n) is 7.07. The van der Waals surface area contributed by atoms with Gasteiger partial charge < -0.3 is 9.84 Å². The number of nitriles is 1. The van der Waals surface area contributed by atoms with Crippen molar-refractivity contribution in [1.29, 1.82) is 5.26 Å². The van der Waals surface area contributed by atoms with Crippen LogP contribution in [0.2, 0.25) is 0 Å². The summed E-state index contributed by atoms with van der Waals surface area (Å²) >= 11 is 0. The molecule has 0 unspecified atom stereocenters. The summed E-state index contributed by atoms with van der Waals surface area (Å²) in [5.74, 6) is 0.0934. The molecule has 3 rings (SSSR count). The number of nitrogens with zero attached hydrogens (tertiary/aromatic N) is 4. The van der Waals surface area contributed by atoms with Crippen LogP contribution in [0, 0.1) is 25.2 Å². The van der Waals surface area contributed by atoms with Crippen molar-refractivity contribution in [1.82, 2.24) is 14.9 Å². The van der Waals surface area contributed by atoms with E-state index in [0.29, 0.717) is 22.7 Å². The maximum atomic E-state index is 12.3. The Morgan fingerprint density at radius 1 is 1.39 bits per heavy atom. The predicted molar refractivity (Wildman–Crippen MR) is 83.7 cm³/mol. The van der Waals surface area contributed by atoms with Crippen LogP contribution >= 0.6 is 0 Å². The van der Waals surface area contributed by atoms with E-state index in [1.54, 1.807) is 7.05 Å². The van der Waals surface area contributed by atoms with Crippen molar-refractivity contribution in [3.63, 3.8) is 0 Å². The number of amides is 1. The average Bonchev–Trinajstić information content (AvgIpc) is 3.05. The van der Waals surface area contributed by atoms with Gasteiger partial charge in [-0.3, -0.25) is 9.48 Å². The Labute approximate surface area is 132 Å². The van der Waals surface area contributed by atoms with Crippen molar-refractivity contribution in [2.75, 3.05) is 5.32 Å². The normalized spacial score (nSPS) is 10.7. The topological polar surface area (TPSA) is 96.7 Å². The molecule has 1 amide bonds. The molecule has 0 saturated carbocycles. The van der Waals surface area contributed by atoms with Crippen LogP contribution in [0.25, 0.3) is 11.0 Å². The fourth-order valence-electron chi connectivity index (χ4n) is 2.37. The van der Waals surface area contributed by atoms with E-state index in [1.807, 2.05) is 32.0 Å². The zero-order valence-corrected chi connectivity index (χ0v) is 13.0. The highest BCUT2D eigenvalue weighted by Gasteiger charge is 2.16. The number of benzene rings is 1. The Hall–Kier alpha value is -3.14. The first-order chi connectivity index (χ1) is 11.0. The third-order valence-corrected chi connectivity index (χ3v) is 3.81. The molecule has 2 heterocycles. The number of hydrogen-bond acceptors (Lipinski definition) is 5. The van der Waals surface area contributed by atoms with Crippen LogP contribution in [0.15, 0.2) is 22.9 Å². The maximum absolute atomic E-state index is 12.3. The Kier molecular flexibility index (Phi) is 3.58. The lowest BCUT2D eigenvalue weighted by Gasteiger charge is -2.05. The summed E-state index contributed by atoms with van der Waals surface area (Å²) < 4.78 is 6.74. The molecule has 0 bridgehead atoms. The van der Waals surface area contributed by atoms with Gasteiger partial charge in [-0.05, 0) is 37.1 Å². The van der Waals surface area contributed by atoms with E-state index in [2.05, 4.69) is 15.6 Å². The molecule has 0 saturated heterocycles. The second-order valence-corrected chi connectivity index (χ2v) is 5.43. The summed E-state index contributed by atoms with van der Waals surface area (Å²) in [6.45, 7) is 4.00. The molecule has 0 aliphatic rings. The molecule has 3 aromatic rings. The van der Waals surface area contributed by atoms with E-state index in [9.17, 15) is 4.79 Å². The van der Waals surface area contributed by atoms with Gasteiger partial charge in [0.15, 0.2) is 5.58 Å². The average molecular weight is 309 g/mol. The molecular weight excluding hydrogens is 294 g/mol. The quantitative estimate of drug-likeness (QED) is 0.800. The summed E-state index contributed by atoms with van der Waals surface area (Å²) in [5.41, 5.74) is 3.77. The van der Waals surface area contributed by atoms with Crippen molar-refractivity contribution in [2.45, 2.75) is 20.3 Å². The van der Waals surface area contributed by atoms with Crippen molar-refractivity contribution >= 4 is 22.7 Å². The maximum Gasteiger partial charge on any atom is 0.231 e. The minimum Gasteiger partial charge on any atom is -0.356 e. The lowest BCUT2D eigenvalue weighted by molar-refractivity contribution is -0.115. The third kappa shape index (κ3) is 2.66. The van der Waals surface area contributed by atoms with Crippen LogP contribution in [-0.2, 0) is 18.3 Å². The fraction of sp³-hybridized carbons (Fsp3) is 0.250. The molecule has 7 heteroatoms. The Morgan fingerprint density at radius 3 is 2.87 bits per heavy atom. The van der Waals surface area contributed by atoms with Crippen molar-refractivity contribution in [3.8, 4) is 6.07 Å². The second-order valence-electron chi connectivity index (χ2n) is 5.43. The first kappa shape index (κ1) is 14.8. The van der Waals surface area contributed by atoms with Gasteiger partial charge in [0.1, 0.15) is 23.1 Å². The zero-order valence-electron chi connectivity index (χ0n) is 13.0. The number of carbonyl (C=O) groups is 1. The van der Waals surface area contributed by atoms with Gasteiger partial charge in [-0.2, -0.15) is 10.4 Å². The van der Waals surface area contributed by atoms with E-state index < -0.39 is 0 Å². The molecule has 116 valence electrons. The lowest BCUT2D eigenvalue weighted by Crippen LogP contribution is -2.17. The molecular formula is C16H15N5O2. The van der Waals surface area contributed by atoms with Gasteiger partial charge in [0, 0.05) is 12.4 Å². The SMILES string of the molecule is Cc1cc2onc(CC(=O)Nc3c(C#N)cnn3C)c2cc1C. The smallest absolute Gasteiger partial charge is 0.231 e. The van der Waals surface area contributed by atoms with Crippen LogP contribution < -0.4 is 5.32 Å². The van der Waals surface area contributed by atoms with Gasteiger partial charge in [-0.15, -0.1) is 0 Å². The van der Waals surface area contributed by atoms with Crippen LogP contribution in [-0.4, -0.2) is 20.8 Å². The van der Waals surface area contributed by atoms with E-state index in [-0.39, 0.29) is 12.3 Å². The largest absolute Gasteiger partial charge is 0.356 e. The van der Waals surface area contributed by atoms with Gasteiger partial charge in [0.25, 0.3) is 0 Å². The summed E-state index contributed by atoms with van der Waals surface area (Å²) in [6.07, 6.45) is 1.47. The van der Waals surface area contributed by atoms with Gasteiger partial charge in [0.05, 0.1) is 12.6 Å². The molecule has 0 aliphatic heterocycles. The van der Waals surface area contributed by atoms with Crippen molar-refractivity contribution in [2.24, 2.45) is 7.05 Å². The standard InChI is InChI=1S/C16H15N5O2/c1-9-4-12-13(20-23-14(12)5-10(9)2)6-15(22)19-16-11(7-17)8-18-21(16)3/h4-5,8H,6H2,1-3H3,(H,19,22). The summed E-state index contributed by atoms with van der Waals surface area (Å²) in [7, 11) is 1.66. The monoisotopic (exact) mass is 309 g/mol. The number of carbonyl (C=O) groups excluding carboxylic acids is 1. The van der Waals surface area contributed by atoms with E-state index in [4.69, 9.17) is 9.78 Å². The number of aromatic nitrogens is 3. The second kappa shape index (κ2) is 5.57. The molecule has 2 aromatic heterocycles. The summed E-state index contributed by atoms with van der Waals surface area (Å²) in [4.78, 5) is 12.3. The lowest BCUT2D eigenvalue weighted by atomic mass is 10.1. The Balaban J connectivity index is 1.85. The minimum atomic E-state index is -0.279. The van der Waals surface area contributed by atoms with Crippen LogP contribution in [0.5, 0.6) is 0 Å². The molecule has 0 fully saturated rings. The Morgan fingerprint density at radius 2 is 2.13 bits per heavy atom. The molecule has 0 radical (unpaired) electrons. The van der Waals surface area contributed by atoms with Gasteiger partial charge in [0.2, 0.25) is 5.91 Å². The number of hydrogen-bond donors (Lipinski definition) is 1. The number of rotatable bonds is 3. The number of anilines is 1. The fourth-order valence-corrected chi connectivity index (χ4v) is 2.37. The minimum absolute atomic E-state index is 0.0611. The van der Waals surface area contributed by atoms with Gasteiger partial charge in [-0.1, -0.05) is 5.16 Å². The van der Waals surface area contributed by atoms with E-state index >= 15 is 0 Å².